The van der Waals surface area contributed by atoms with Gasteiger partial charge in [0.05, 0.1) is 11.6 Å². The molecule has 0 radical (unpaired) electrons. The van der Waals surface area contributed by atoms with Crippen LogP contribution < -0.4 is 0 Å². The van der Waals surface area contributed by atoms with Gasteiger partial charge in [-0.25, -0.2) is 0 Å². The van der Waals surface area contributed by atoms with Gasteiger partial charge in [-0.15, -0.1) is 0 Å². The molecule has 1 aromatic carbocycles. The molecule has 3 atom stereocenters. The van der Waals surface area contributed by atoms with Crippen LogP contribution in [-0.2, 0) is 9.63 Å². The number of oxime groups is 1. The molecule has 3 fully saturated rings. The van der Waals surface area contributed by atoms with Crippen molar-refractivity contribution in [1.82, 2.24) is 9.96 Å². The van der Waals surface area contributed by atoms with Crippen LogP contribution in [0.25, 0.3) is 0 Å². The van der Waals surface area contributed by atoms with E-state index >= 15 is 0 Å². The van der Waals surface area contributed by atoms with Crippen LogP contribution in [0.4, 0.5) is 0 Å². The van der Waals surface area contributed by atoms with Crippen LogP contribution in [0, 0.1) is 34.3 Å². The summed E-state index contributed by atoms with van der Waals surface area (Å²) in [6, 6.07) is 8.18. The number of halogens is 1. The third-order valence-corrected chi connectivity index (χ3v) is 9.95. The van der Waals surface area contributed by atoms with Gasteiger partial charge in [-0.2, -0.15) is 0 Å². The molecule has 1 aromatic rings. The van der Waals surface area contributed by atoms with Crippen LogP contribution in [0.3, 0.4) is 0 Å². The van der Waals surface area contributed by atoms with E-state index in [1.807, 2.05) is 13.8 Å². The van der Waals surface area contributed by atoms with E-state index in [4.69, 9.17) is 4.84 Å². The van der Waals surface area contributed by atoms with E-state index in [1.165, 1.54) is 12.8 Å². The Labute approximate surface area is 225 Å². The molecule has 0 bridgehead atoms. The minimum Gasteiger partial charge on any atom is -0.785 e. The lowest BCUT2D eigenvalue weighted by atomic mass is 9.63. The molecule has 2 heterocycles. The summed E-state index contributed by atoms with van der Waals surface area (Å²) in [5.41, 5.74) is 2.50. The number of piperidine rings is 2. The van der Waals surface area contributed by atoms with E-state index in [0.717, 1.165) is 66.0 Å². The Balaban J connectivity index is 1.34. The highest BCUT2D eigenvalue weighted by atomic mass is 79.9. The van der Waals surface area contributed by atoms with Gasteiger partial charge in [0, 0.05) is 29.5 Å². The van der Waals surface area contributed by atoms with Crippen molar-refractivity contribution in [2.24, 2.45) is 34.2 Å². The minimum atomic E-state index is -0.219. The maximum Gasteiger partial charge on any atom is 0.227 e. The number of hydroxylamine groups is 2. The van der Waals surface area contributed by atoms with Gasteiger partial charge in [-0.1, -0.05) is 47.1 Å². The first-order chi connectivity index (χ1) is 17.2. The number of benzene rings is 1. The largest absolute Gasteiger partial charge is 0.785 e. The van der Waals surface area contributed by atoms with Crippen molar-refractivity contribution < 1.29 is 9.63 Å². The first-order valence-electron chi connectivity index (χ1n) is 13.9. The molecule has 1 saturated carbocycles. The Kier molecular flexibility index (Phi) is 9.16. The van der Waals surface area contributed by atoms with Gasteiger partial charge in [-0.05, 0) is 100 Å². The van der Waals surface area contributed by atoms with Crippen molar-refractivity contribution in [3.05, 3.63) is 39.5 Å². The van der Waals surface area contributed by atoms with Crippen molar-refractivity contribution >= 4 is 27.5 Å². The van der Waals surface area contributed by atoms with Gasteiger partial charge in [-0.3, -0.25) is 4.79 Å². The molecule has 4 rings (SSSR count). The number of carbonyl (C=O) groups excluding carboxylic acids is 1. The van der Waals surface area contributed by atoms with E-state index in [2.05, 4.69) is 64.1 Å². The topological polar surface area (TPSA) is 68.2 Å². The number of carbonyl (C=O) groups is 1. The van der Waals surface area contributed by atoms with Gasteiger partial charge in [0.2, 0.25) is 5.91 Å². The van der Waals surface area contributed by atoms with Gasteiger partial charge in [0.25, 0.3) is 0 Å². The maximum atomic E-state index is 13.4. The molecule has 0 aromatic heterocycles. The van der Waals surface area contributed by atoms with Crippen molar-refractivity contribution in [2.45, 2.75) is 78.7 Å². The quantitative estimate of drug-likeness (QED) is 0.295. The smallest absolute Gasteiger partial charge is 0.227 e. The van der Waals surface area contributed by atoms with E-state index < -0.39 is 0 Å². The summed E-state index contributed by atoms with van der Waals surface area (Å²) in [5.74, 6) is 1.40. The fourth-order valence-electron chi connectivity index (χ4n) is 6.86. The van der Waals surface area contributed by atoms with Gasteiger partial charge in [0.1, 0.15) is 6.61 Å². The van der Waals surface area contributed by atoms with E-state index in [9.17, 15) is 10.0 Å². The lowest BCUT2D eigenvalue weighted by molar-refractivity contribution is -0.144. The summed E-state index contributed by atoms with van der Waals surface area (Å²) in [7, 11) is 0. The highest BCUT2D eigenvalue weighted by Gasteiger charge is 2.43. The van der Waals surface area contributed by atoms with Crippen LogP contribution in [0.15, 0.2) is 33.9 Å². The summed E-state index contributed by atoms with van der Waals surface area (Å²) in [4.78, 5) is 21.0. The predicted molar refractivity (Wildman–Crippen MR) is 148 cm³/mol. The molecule has 1 aliphatic carbocycles. The summed E-state index contributed by atoms with van der Waals surface area (Å²) in [6.07, 6.45) is 7.56. The summed E-state index contributed by atoms with van der Waals surface area (Å²) >= 11 is 3.53. The van der Waals surface area contributed by atoms with Crippen LogP contribution in [0.2, 0.25) is 0 Å². The van der Waals surface area contributed by atoms with Crippen LogP contribution in [0.5, 0.6) is 0 Å². The zero-order valence-corrected chi connectivity index (χ0v) is 24.0. The SMILES string of the molecule is CCO/N=C(\c1ccc(Br)cc1)C1CCC(C2(C)CCN(C(=O)C3C(C)N([O-])CC[C@H]3C)CC2)CC1. The molecule has 6 nitrogen and oxygen atoms in total. The number of nitrogens with zero attached hydrogens (tertiary/aromatic N) is 3. The second-order valence-corrected chi connectivity index (χ2v) is 12.5. The van der Waals surface area contributed by atoms with Crippen molar-refractivity contribution in [3.8, 4) is 0 Å². The number of hydrogen-bond acceptors (Lipinski definition) is 5. The van der Waals surface area contributed by atoms with E-state index in [1.54, 1.807) is 0 Å². The van der Waals surface area contributed by atoms with Gasteiger partial charge in [0.15, 0.2) is 0 Å². The number of likely N-dealkylation sites (tertiary alicyclic amines) is 1. The fourth-order valence-corrected chi connectivity index (χ4v) is 7.12. The monoisotopic (exact) mass is 560 g/mol. The van der Waals surface area contributed by atoms with Crippen molar-refractivity contribution in [2.75, 3.05) is 26.2 Å². The minimum absolute atomic E-state index is 0.169. The number of hydrogen-bond donors (Lipinski definition) is 0. The third-order valence-electron chi connectivity index (χ3n) is 9.43. The third kappa shape index (κ3) is 5.99. The van der Waals surface area contributed by atoms with Crippen LogP contribution in [-0.4, -0.2) is 53.9 Å². The second kappa shape index (κ2) is 12.0. The Hall–Kier alpha value is -1.44. The zero-order chi connectivity index (χ0) is 25.9. The maximum absolute atomic E-state index is 13.4. The highest BCUT2D eigenvalue weighted by Crippen LogP contribution is 2.47. The van der Waals surface area contributed by atoms with Gasteiger partial charge >= 0.3 is 0 Å². The number of amides is 1. The van der Waals surface area contributed by atoms with Crippen molar-refractivity contribution in [3.63, 3.8) is 0 Å². The van der Waals surface area contributed by atoms with Crippen molar-refractivity contribution in [1.29, 1.82) is 0 Å². The lowest BCUT2D eigenvalue weighted by Gasteiger charge is -2.50. The summed E-state index contributed by atoms with van der Waals surface area (Å²) < 4.78 is 1.07. The molecule has 200 valence electrons. The first-order valence-corrected chi connectivity index (χ1v) is 14.7. The molecule has 0 N–H and O–H groups in total. The van der Waals surface area contributed by atoms with E-state index in [0.29, 0.717) is 25.0 Å². The Morgan fingerprint density at radius 1 is 1.08 bits per heavy atom. The second-order valence-electron chi connectivity index (χ2n) is 11.6. The molecule has 2 unspecified atom stereocenters. The highest BCUT2D eigenvalue weighted by molar-refractivity contribution is 9.10. The standard InChI is InChI=1S/C29H43BrN3O3/c1-5-36-31-27(23-8-12-25(30)13-9-23)22-6-10-24(11-7-22)29(4)15-18-32(19-16-29)28(34)26-20(2)14-17-33(35)21(26)3/h8-9,12-13,20-22,24,26H,5-7,10-11,14-19H2,1-4H3/q-1/b31-27-/t20-,21?,22?,24?,26?/m1/s1. The Bertz CT molecular complexity index is 905. The average Bonchev–Trinajstić information content (AvgIpc) is 2.88. The molecule has 3 aliphatic rings. The van der Waals surface area contributed by atoms with E-state index in [-0.39, 0.29) is 29.2 Å². The summed E-state index contributed by atoms with van der Waals surface area (Å²) in [6.45, 7) is 11.2. The van der Waals surface area contributed by atoms with Crippen LogP contribution in [0.1, 0.15) is 78.2 Å². The molecular weight excluding hydrogens is 518 g/mol. The summed E-state index contributed by atoms with van der Waals surface area (Å²) in [5, 5.41) is 17.9. The predicted octanol–water partition coefficient (Wildman–Crippen LogP) is 6.47. The molecule has 36 heavy (non-hydrogen) atoms. The zero-order valence-electron chi connectivity index (χ0n) is 22.4. The van der Waals surface area contributed by atoms with Crippen LogP contribution >= 0.6 is 15.9 Å². The molecule has 2 saturated heterocycles. The molecule has 7 heteroatoms. The Morgan fingerprint density at radius 2 is 1.72 bits per heavy atom. The normalized spacial score (nSPS) is 31.8. The first kappa shape index (κ1) is 27.6. The Morgan fingerprint density at radius 3 is 2.33 bits per heavy atom. The molecule has 2 aliphatic heterocycles. The molecule has 1 amide bonds. The van der Waals surface area contributed by atoms with Gasteiger partial charge < -0.3 is 20.0 Å². The average molecular weight is 562 g/mol. The molecular formula is C29H43BrN3O3-. The fraction of sp³-hybridized carbons (Fsp3) is 0.724. The molecule has 0 spiro atoms. The number of rotatable bonds is 6. The lowest BCUT2D eigenvalue weighted by Crippen LogP contribution is -2.54.